The fourth-order valence-electron chi connectivity index (χ4n) is 2.47. The number of hydrogen-bond donors (Lipinski definition) is 2. The van der Waals surface area contributed by atoms with Crippen molar-refractivity contribution in [3.63, 3.8) is 0 Å². The molecule has 4 rings (SSSR count). The van der Waals surface area contributed by atoms with E-state index in [1.54, 1.807) is 6.21 Å². The zero-order chi connectivity index (χ0) is 17.2. The Bertz CT molecular complexity index is 1060. The molecular weight excluding hydrogens is 338 g/mol. The highest BCUT2D eigenvalue weighted by molar-refractivity contribution is 6.30. The van der Waals surface area contributed by atoms with Gasteiger partial charge in [0.15, 0.2) is 11.5 Å². The van der Waals surface area contributed by atoms with Crippen LogP contribution in [0, 0.1) is 0 Å². The van der Waals surface area contributed by atoms with Gasteiger partial charge in [-0.15, -0.1) is 0 Å². The Kier molecular flexibility index (Phi) is 3.91. The van der Waals surface area contributed by atoms with E-state index in [2.05, 4.69) is 30.5 Å². The molecule has 1 aromatic carbocycles. The molecule has 3 aromatic heterocycles. The second-order valence-electron chi connectivity index (χ2n) is 5.43. The normalized spacial score (nSPS) is 11.4. The molecule has 4 aromatic rings. The summed E-state index contributed by atoms with van der Waals surface area (Å²) >= 11 is 6.04. The Hall–Kier alpha value is -3.19. The number of aromatic amines is 1. The summed E-state index contributed by atoms with van der Waals surface area (Å²) in [5, 5.41) is 11.7. The topological polar surface area (TPSA) is 83.8 Å². The molecule has 2 N–H and O–H groups in total. The average molecular weight is 352 g/mol. The van der Waals surface area contributed by atoms with Crippen LogP contribution in [0.25, 0.3) is 11.0 Å². The maximum absolute atomic E-state index is 6.04. The molecular formula is C17H14ClN7. The lowest BCUT2D eigenvalue weighted by Gasteiger charge is -2.06. The van der Waals surface area contributed by atoms with Crippen LogP contribution in [0.4, 0.5) is 17.3 Å². The predicted molar refractivity (Wildman–Crippen MR) is 99.1 cm³/mol. The quantitative estimate of drug-likeness (QED) is 0.547. The Morgan fingerprint density at radius 2 is 2.16 bits per heavy atom. The fraction of sp³-hybridized carbons (Fsp3) is 0.0588. The monoisotopic (exact) mass is 351 g/mol. The largest absolute Gasteiger partial charge is 0.350 e. The van der Waals surface area contributed by atoms with Crippen LogP contribution in [0.15, 0.2) is 53.9 Å². The van der Waals surface area contributed by atoms with Crippen LogP contribution in [0.2, 0.25) is 5.02 Å². The maximum atomic E-state index is 6.04. The summed E-state index contributed by atoms with van der Waals surface area (Å²) in [4.78, 5) is 13.0. The number of benzene rings is 1. The van der Waals surface area contributed by atoms with E-state index in [1.807, 2.05) is 54.2 Å². The zero-order valence-corrected chi connectivity index (χ0v) is 14.1. The van der Waals surface area contributed by atoms with Gasteiger partial charge in [0, 0.05) is 24.0 Å². The number of halogens is 1. The summed E-state index contributed by atoms with van der Waals surface area (Å²) in [5.41, 5.74) is 2.40. The van der Waals surface area contributed by atoms with Crippen LogP contribution in [0.5, 0.6) is 0 Å². The summed E-state index contributed by atoms with van der Waals surface area (Å²) in [6, 6.07) is 11.3. The van der Waals surface area contributed by atoms with Crippen molar-refractivity contribution < 1.29 is 0 Å². The van der Waals surface area contributed by atoms with Gasteiger partial charge in [0.05, 0.1) is 11.9 Å². The SMILES string of the molecule is Cn1cccc1/C=N/c1n[nH]c2ncnc(Nc3cccc(Cl)c3)c12. The molecule has 8 heteroatoms. The molecule has 25 heavy (non-hydrogen) atoms. The highest BCUT2D eigenvalue weighted by Crippen LogP contribution is 2.30. The van der Waals surface area contributed by atoms with Gasteiger partial charge in [-0.3, -0.25) is 5.10 Å². The van der Waals surface area contributed by atoms with Crippen molar-refractivity contribution in [3.05, 3.63) is 59.6 Å². The van der Waals surface area contributed by atoms with Gasteiger partial charge in [-0.05, 0) is 30.3 Å². The van der Waals surface area contributed by atoms with E-state index in [1.165, 1.54) is 6.33 Å². The second-order valence-corrected chi connectivity index (χ2v) is 5.87. The predicted octanol–water partition coefficient (Wildman–Crippen LogP) is 3.84. The number of nitrogens with one attached hydrogen (secondary N) is 2. The first-order valence-electron chi connectivity index (χ1n) is 7.58. The molecule has 0 spiro atoms. The van der Waals surface area contributed by atoms with Gasteiger partial charge in [-0.2, -0.15) is 5.10 Å². The van der Waals surface area contributed by atoms with Crippen LogP contribution >= 0.6 is 11.6 Å². The van der Waals surface area contributed by atoms with Crippen molar-refractivity contribution in [3.8, 4) is 0 Å². The first-order chi connectivity index (χ1) is 12.2. The lowest BCUT2D eigenvalue weighted by Crippen LogP contribution is -1.95. The van der Waals surface area contributed by atoms with Crippen molar-refractivity contribution in [2.45, 2.75) is 0 Å². The molecule has 0 amide bonds. The number of aromatic nitrogens is 5. The molecule has 0 fully saturated rings. The second kappa shape index (κ2) is 6.37. The Morgan fingerprint density at radius 3 is 2.96 bits per heavy atom. The van der Waals surface area contributed by atoms with E-state index in [9.17, 15) is 0 Å². The summed E-state index contributed by atoms with van der Waals surface area (Å²) in [5.74, 6) is 1.13. The van der Waals surface area contributed by atoms with E-state index >= 15 is 0 Å². The van der Waals surface area contributed by atoms with Gasteiger partial charge in [-0.25, -0.2) is 15.0 Å². The minimum absolute atomic E-state index is 0.515. The van der Waals surface area contributed by atoms with Crippen molar-refractivity contribution >= 4 is 46.2 Å². The molecule has 0 saturated carbocycles. The van der Waals surface area contributed by atoms with Crippen molar-refractivity contribution in [1.29, 1.82) is 0 Å². The molecule has 0 unspecified atom stereocenters. The molecule has 0 aliphatic carbocycles. The molecule has 0 saturated heterocycles. The van der Waals surface area contributed by atoms with Crippen LogP contribution in [0.1, 0.15) is 5.69 Å². The first-order valence-corrected chi connectivity index (χ1v) is 7.95. The summed E-state index contributed by atoms with van der Waals surface area (Å²) in [6.45, 7) is 0. The number of aryl methyl sites for hydroxylation is 1. The number of fused-ring (bicyclic) bond motifs is 1. The number of H-pyrrole nitrogens is 1. The number of hydrogen-bond acceptors (Lipinski definition) is 5. The van der Waals surface area contributed by atoms with E-state index < -0.39 is 0 Å². The van der Waals surface area contributed by atoms with Crippen molar-refractivity contribution in [2.24, 2.45) is 12.0 Å². The maximum Gasteiger partial charge on any atom is 0.187 e. The van der Waals surface area contributed by atoms with E-state index in [0.717, 1.165) is 11.4 Å². The Balaban J connectivity index is 1.74. The highest BCUT2D eigenvalue weighted by Gasteiger charge is 2.12. The third-order valence-electron chi connectivity index (χ3n) is 3.73. The summed E-state index contributed by atoms with van der Waals surface area (Å²) in [7, 11) is 1.96. The lowest BCUT2D eigenvalue weighted by molar-refractivity contribution is 0.918. The smallest absolute Gasteiger partial charge is 0.187 e. The van der Waals surface area contributed by atoms with E-state index in [4.69, 9.17) is 11.6 Å². The summed E-state index contributed by atoms with van der Waals surface area (Å²) < 4.78 is 1.97. The molecule has 7 nitrogen and oxygen atoms in total. The highest BCUT2D eigenvalue weighted by atomic mass is 35.5. The molecule has 0 atom stereocenters. The minimum atomic E-state index is 0.515. The molecule has 0 aliphatic heterocycles. The van der Waals surface area contributed by atoms with Gasteiger partial charge < -0.3 is 9.88 Å². The minimum Gasteiger partial charge on any atom is -0.350 e. The standard InChI is InChI=1S/C17H14ClN7/c1-25-7-3-6-13(25)9-19-16-14-15(20-10-21-17(14)24-23-16)22-12-5-2-4-11(18)8-12/h2-10H,1H3,(H2,20,21,22,23,24)/b19-9+. The van der Waals surface area contributed by atoms with Crippen molar-refractivity contribution in [2.75, 3.05) is 5.32 Å². The van der Waals surface area contributed by atoms with E-state index in [0.29, 0.717) is 27.7 Å². The molecule has 0 bridgehead atoms. The Morgan fingerprint density at radius 1 is 1.24 bits per heavy atom. The average Bonchev–Trinajstić information content (AvgIpc) is 3.20. The van der Waals surface area contributed by atoms with Gasteiger partial charge in [0.2, 0.25) is 0 Å². The lowest BCUT2D eigenvalue weighted by atomic mass is 10.3. The number of aliphatic imine (C=N–C) groups is 1. The Labute approximate surface area is 148 Å². The number of rotatable bonds is 4. The van der Waals surface area contributed by atoms with Gasteiger partial charge in [0.25, 0.3) is 0 Å². The molecule has 0 radical (unpaired) electrons. The van der Waals surface area contributed by atoms with Crippen LogP contribution in [0.3, 0.4) is 0 Å². The van der Waals surface area contributed by atoms with Gasteiger partial charge in [-0.1, -0.05) is 17.7 Å². The van der Waals surface area contributed by atoms with E-state index in [-0.39, 0.29) is 0 Å². The summed E-state index contributed by atoms with van der Waals surface area (Å²) in [6.07, 6.45) is 5.18. The third kappa shape index (κ3) is 3.09. The molecule has 0 aliphatic rings. The fourth-order valence-corrected chi connectivity index (χ4v) is 2.66. The van der Waals surface area contributed by atoms with Gasteiger partial charge in [0.1, 0.15) is 17.5 Å². The van der Waals surface area contributed by atoms with Gasteiger partial charge >= 0.3 is 0 Å². The molecule has 124 valence electrons. The zero-order valence-electron chi connectivity index (χ0n) is 13.3. The number of anilines is 2. The van der Waals surface area contributed by atoms with Crippen LogP contribution < -0.4 is 5.32 Å². The van der Waals surface area contributed by atoms with Crippen LogP contribution in [-0.4, -0.2) is 30.9 Å². The molecule has 3 heterocycles. The number of nitrogens with zero attached hydrogens (tertiary/aromatic N) is 5. The van der Waals surface area contributed by atoms with Crippen molar-refractivity contribution in [1.82, 2.24) is 24.7 Å². The van der Waals surface area contributed by atoms with Crippen LogP contribution in [-0.2, 0) is 7.05 Å². The first kappa shape index (κ1) is 15.3. The third-order valence-corrected chi connectivity index (χ3v) is 3.96.